The van der Waals surface area contributed by atoms with Crippen LogP contribution in [0.15, 0.2) is 6.07 Å². The molecule has 3 rings (SSSR count). The van der Waals surface area contributed by atoms with Gasteiger partial charge in [0.2, 0.25) is 0 Å². The molecule has 2 aliphatic carbocycles. The van der Waals surface area contributed by atoms with E-state index in [0.717, 1.165) is 18.7 Å². The van der Waals surface area contributed by atoms with E-state index in [1.165, 1.54) is 36.9 Å². The first-order valence-electron chi connectivity index (χ1n) is 6.06. The van der Waals surface area contributed by atoms with Crippen LogP contribution in [-0.2, 0) is 12.8 Å². The molecule has 0 unspecified atom stereocenters. The number of nitriles is 1. The fourth-order valence-corrected chi connectivity index (χ4v) is 2.25. The first-order valence-corrected chi connectivity index (χ1v) is 6.06. The van der Waals surface area contributed by atoms with Gasteiger partial charge in [0, 0.05) is 11.7 Å². The van der Waals surface area contributed by atoms with Gasteiger partial charge < -0.3 is 5.32 Å². The number of rotatable bonds is 2. The molecule has 3 nitrogen and oxygen atoms in total. The number of hydrogen-bond donors (Lipinski definition) is 1. The van der Waals surface area contributed by atoms with E-state index >= 15 is 0 Å². The highest BCUT2D eigenvalue weighted by Crippen LogP contribution is 2.28. The molecule has 0 atom stereocenters. The third kappa shape index (κ3) is 1.76. The highest BCUT2D eigenvalue weighted by atomic mass is 15.0. The molecule has 0 bridgehead atoms. The van der Waals surface area contributed by atoms with Crippen LogP contribution in [0.2, 0.25) is 0 Å². The Morgan fingerprint density at radius 2 is 2.12 bits per heavy atom. The summed E-state index contributed by atoms with van der Waals surface area (Å²) in [4.78, 5) is 4.63. The first kappa shape index (κ1) is 9.65. The van der Waals surface area contributed by atoms with Crippen LogP contribution in [0, 0.1) is 11.3 Å². The molecule has 1 heterocycles. The van der Waals surface area contributed by atoms with E-state index in [1.54, 1.807) is 0 Å². The van der Waals surface area contributed by atoms with Crippen molar-refractivity contribution in [2.24, 2.45) is 0 Å². The van der Waals surface area contributed by atoms with Crippen molar-refractivity contribution in [2.45, 2.75) is 44.6 Å². The Bertz CT molecular complexity index is 455. The fourth-order valence-electron chi connectivity index (χ4n) is 2.25. The molecule has 82 valence electrons. The first-order chi connectivity index (χ1) is 7.86. The Hall–Kier alpha value is -1.56. The van der Waals surface area contributed by atoms with Crippen molar-refractivity contribution in [3.8, 4) is 6.07 Å². The third-order valence-corrected chi connectivity index (χ3v) is 3.34. The van der Waals surface area contributed by atoms with Gasteiger partial charge in [0.05, 0.1) is 5.56 Å². The smallest absolute Gasteiger partial charge is 0.144 e. The van der Waals surface area contributed by atoms with Crippen molar-refractivity contribution >= 4 is 5.82 Å². The van der Waals surface area contributed by atoms with Crippen LogP contribution in [0.1, 0.15) is 42.5 Å². The van der Waals surface area contributed by atoms with Crippen LogP contribution in [0.3, 0.4) is 0 Å². The maximum Gasteiger partial charge on any atom is 0.144 e. The third-order valence-electron chi connectivity index (χ3n) is 3.34. The number of pyridine rings is 1. The van der Waals surface area contributed by atoms with Crippen molar-refractivity contribution < 1.29 is 0 Å². The summed E-state index contributed by atoms with van der Waals surface area (Å²) in [6.45, 7) is 0. The molecule has 2 aliphatic rings. The summed E-state index contributed by atoms with van der Waals surface area (Å²) >= 11 is 0. The lowest BCUT2D eigenvalue weighted by atomic mass is 9.95. The predicted octanol–water partition coefficient (Wildman–Crippen LogP) is 2.41. The molecule has 1 N–H and O–H groups in total. The van der Waals surface area contributed by atoms with Crippen LogP contribution >= 0.6 is 0 Å². The fraction of sp³-hybridized carbons (Fsp3) is 0.538. The number of aryl methyl sites for hydroxylation is 2. The standard InChI is InChI=1S/C13H15N3/c14-8-10-7-9-3-1-2-4-12(9)16-13(10)15-11-5-6-11/h7,11H,1-6H2,(H,15,16). The summed E-state index contributed by atoms with van der Waals surface area (Å²) in [5.74, 6) is 0.811. The van der Waals surface area contributed by atoms with Crippen molar-refractivity contribution in [2.75, 3.05) is 5.32 Å². The Morgan fingerprint density at radius 3 is 2.88 bits per heavy atom. The van der Waals surface area contributed by atoms with Gasteiger partial charge in [-0.3, -0.25) is 0 Å². The molecule has 3 heteroatoms. The molecule has 0 spiro atoms. The number of aromatic nitrogens is 1. The number of nitrogens with one attached hydrogen (secondary N) is 1. The average molecular weight is 213 g/mol. The molecular weight excluding hydrogens is 198 g/mol. The highest BCUT2D eigenvalue weighted by molar-refractivity contribution is 5.55. The summed E-state index contributed by atoms with van der Waals surface area (Å²) in [5, 5.41) is 12.5. The number of fused-ring (bicyclic) bond motifs is 1. The molecule has 1 fully saturated rings. The lowest BCUT2D eigenvalue weighted by Crippen LogP contribution is -2.11. The van der Waals surface area contributed by atoms with E-state index in [0.29, 0.717) is 11.6 Å². The summed E-state index contributed by atoms with van der Waals surface area (Å²) in [7, 11) is 0. The van der Waals surface area contributed by atoms with Crippen LogP contribution in [0.4, 0.5) is 5.82 Å². The van der Waals surface area contributed by atoms with Crippen LogP contribution < -0.4 is 5.32 Å². The summed E-state index contributed by atoms with van der Waals surface area (Å²) in [6.07, 6.45) is 7.04. The van der Waals surface area contributed by atoms with Crippen LogP contribution in [-0.4, -0.2) is 11.0 Å². The zero-order chi connectivity index (χ0) is 11.0. The van der Waals surface area contributed by atoms with Gasteiger partial charge in [0.15, 0.2) is 0 Å². The van der Waals surface area contributed by atoms with Crippen molar-refractivity contribution in [3.05, 3.63) is 22.9 Å². The Labute approximate surface area is 95.5 Å². The number of nitrogens with zero attached hydrogens (tertiary/aromatic N) is 2. The lowest BCUT2D eigenvalue weighted by molar-refractivity contribution is 0.668. The normalized spacial score (nSPS) is 18.7. The largest absolute Gasteiger partial charge is 0.366 e. The summed E-state index contributed by atoms with van der Waals surface area (Å²) in [5.41, 5.74) is 3.20. The van der Waals surface area contributed by atoms with Gasteiger partial charge in [-0.25, -0.2) is 4.98 Å². The molecular formula is C13H15N3. The zero-order valence-corrected chi connectivity index (χ0v) is 9.29. The monoisotopic (exact) mass is 213 g/mol. The minimum absolute atomic E-state index is 0.557. The quantitative estimate of drug-likeness (QED) is 0.820. The Kier molecular flexibility index (Phi) is 2.28. The molecule has 0 amide bonds. The maximum absolute atomic E-state index is 9.12. The Balaban J connectivity index is 1.98. The second kappa shape index (κ2) is 3.79. The van der Waals surface area contributed by atoms with Gasteiger partial charge in [-0.1, -0.05) is 0 Å². The van der Waals surface area contributed by atoms with E-state index in [-0.39, 0.29) is 0 Å². The SMILES string of the molecule is N#Cc1cc2c(nc1NC1CC1)CCCC2. The average Bonchev–Trinajstić information content (AvgIpc) is 3.12. The number of anilines is 1. The van der Waals surface area contributed by atoms with E-state index in [2.05, 4.69) is 16.4 Å². The van der Waals surface area contributed by atoms with Gasteiger partial charge in [-0.15, -0.1) is 0 Å². The Morgan fingerprint density at radius 1 is 1.31 bits per heavy atom. The topological polar surface area (TPSA) is 48.7 Å². The molecule has 0 aromatic carbocycles. The van der Waals surface area contributed by atoms with E-state index < -0.39 is 0 Å². The van der Waals surface area contributed by atoms with E-state index in [4.69, 9.17) is 5.26 Å². The van der Waals surface area contributed by atoms with Gasteiger partial charge in [-0.2, -0.15) is 5.26 Å². The minimum atomic E-state index is 0.557. The van der Waals surface area contributed by atoms with Gasteiger partial charge in [0.25, 0.3) is 0 Å². The molecule has 1 saturated carbocycles. The van der Waals surface area contributed by atoms with Crippen LogP contribution in [0.25, 0.3) is 0 Å². The second-order valence-corrected chi connectivity index (χ2v) is 4.73. The molecule has 0 saturated heterocycles. The number of hydrogen-bond acceptors (Lipinski definition) is 3. The molecule has 1 aromatic rings. The van der Waals surface area contributed by atoms with Crippen LogP contribution in [0.5, 0.6) is 0 Å². The van der Waals surface area contributed by atoms with Gasteiger partial charge >= 0.3 is 0 Å². The minimum Gasteiger partial charge on any atom is -0.366 e. The lowest BCUT2D eigenvalue weighted by Gasteiger charge is -2.17. The van der Waals surface area contributed by atoms with Crippen molar-refractivity contribution in [1.82, 2.24) is 4.98 Å². The summed E-state index contributed by atoms with van der Waals surface area (Å²) in [6, 6.07) is 4.84. The van der Waals surface area contributed by atoms with Crippen molar-refractivity contribution in [1.29, 1.82) is 5.26 Å². The highest BCUT2D eigenvalue weighted by Gasteiger charge is 2.23. The van der Waals surface area contributed by atoms with Crippen molar-refractivity contribution in [3.63, 3.8) is 0 Å². The van der Waals surface area contributed by atoms with E-state index in [1.807, 2.05) is 6.07 Å². The molecule has 16 heavy (non-hydrogen) atoms. The summed E-state index contributed by atoms with van der Waals surface area (Å²) < 4.78 is 0. The molecule has 0 aliphatic heterocycles. The van der Waals surface area contributed by atoms with Gasteiger partial charge in [0.1, 0.15) is 11.9 Å². The zero-order valence-electron chi connectivity index (χ0n) is 9.29. The molecule has 1 aromatic heterocycles. The molecule has 0 radical (unpaired) electrons. The van der Waals surface area contributed by atoms with Gasteiger partial charge in [-0.05, 0) is 50.2 Å². The maximum atomic E-state index is 9.12. The predicted molar refractivity (Wildman–Crippen MR) is 62.2 cm³/mol. The second-order valence-electron chi connectivity index (χ2n) is 4.73. The van der Waals surface area contributed by atoms with E-state index in [9.17, 15) is 0 Å².